The van der Waals surface area contributed by atoms with Crippen LogP contribution in [0.5, 0.6) is 5.75 Å². The number of hydroxylamine groups is 2. The van der Waals surface area contributed by atoms with E-state index in [1.807, 2.05) is 24.3 Å². The minimum absolute atomic E-state index is 0.110. The summed E-state index contributed by atoms with van der Waals surface area (Å²) >= 11 is 0. The van der Waals surface area contributed by atoms with Crippen LogP contribution in [-0.2, 0) is 11.4 Å². The monoisotopic (exact) mass is 346 g/mol. The van der Waals surface area contributed by atoms with Crippen LogP contribution >= 0.6 is 0 Å². The quantitative estimate of drug-likeness (QED) is 0.605. The van der Waals surface area contributed by atoms with Gasteiger partial charge >= 0.3 is 5.69 Å². The molecule has 0 radical (unpaired) electrons. The van der Waals surface area contributed by atoms with Crippen molar-refractivity contribution in [3.8, 4) is 5.75 Å². The van der Waals surface area contributed by atoms with Crippen LogP contribution in [0.4, 0.5) is 11.5 Å². The molecule has 0 fully saturated rings. The molecule has 2 aromatic rings. The molecule has 1 aromatic carbocycles. The summed E-state index contributed by atoms with van der Waals surface area (Å²) in [6.07, 6.45) is 1.05. The summed E-state index contributed by atoms with van der Waals surface area (Å²) in [5.41, 5.74) is 0.466. The molecule has 0 aliphatic heterocycles. The van der Waals surface area contributed by atoms with Crippen LogP contribution in [0.3, 0.4) is 0 Å². The Kier molecular flexibility index (Phi) is 5.85. The Morgan fingerprint density at radius 3 is 2.56 bits per heavy atom. The summed E-state index contributed by atoms with van der Waals surface area (Å²) in [7, 11) is 4.26. The van der Waals surface area contributed by atoms with Crippen molar-refractivity contribution in [1.29, 1.82) is 0 Å². The van der Waals surface area contributed by atoms with Crippen LogP contribution in [0.2, 0.25) is 0 Å². The molecule has 0 bridgehead atoms. The van der Waals surface area contributed by atoms with E-state index in [9.17, 15) is 14.9 Å². The molecule has 9 heteroatoms. The summed E-state index contributed by atoms with van der Waals surface area (Å²) in [4.78, 5) is 31.5. The number of carbonyl (C=O) groups excluding carboxylic acids is 1. The Bertz CT molecular complexity index is 764. The van der Waals surface area contributed by atoms with Gasteiger partial charge in [-0.3, -0.25) is 19.7 Å². The molecular formula is C16H18N4O5. The van der Waals surface area contributed by atoms with E-state index in [0.717, 1.165) is 22.6 Å². The second kappa shape index (κ2) is 8.06. The molecule has 2 rings (SSSR count). The molecule has 0 unspecified atom stereocenters. The van der Waals surface area contributed by atoms with Crippen molar-refractivity contribution in [2.24, 2.45) is 0 Å². The van der Waals surface area contributed by atoms with Gasteiger partial charge in [-0.1, -0.05) is 12.1 Å². The Morgan fingerprint density at radius 2 is 2.00 bits per heavy atom. The number of ether oxygens (including phenoxy) is 1. The van der Waals surface area contributed by atoms with E-state index in [2.05, 4.69) is 10.3 Å². The van der Waals surface area contributed by atoms with Gasteiger partial charge in [0.25, 0.3) is 5.91 Å². The van der Waals surface area contributed by atoms with Gasteiger partial charge in [0.15, 0.2) is 0 Å². The second-order valence-electron chi connectivity index (χ2n) is 5.03. The first-order valence-corrected chi connectivity index (χ1v) is 7.29. The largest absolute Gasteiger partial charge is 0.497 e. The first-order chi connectivity index (χ1) is 12.0. The van der Waals surface area contributed by atoms with Gasteiger partial charge in [-0.15, -0.1) is 0 Å². The number of nitro groups is 1. The Balaban J connectivity index is 2.20. The number of carbonyl (C=O) groups is 1. The minimum atomic E-state index is -0.656. The Labute approximate surface area is 144 Å². The molecule has 0 atom stereocenters. The molecule has 25 heavy (non-hydrogen) atoms. The summed E-state index contributed by atoms with van der Waals surface area (Å²) in [5.74, 6) is 0.450. The maximum absolute atomic E-state index is 12.2. The number of benzene rings is 1. The second-order valence-corrected chi connectivity index (χ2v) is 5.03. The minimum Gasteiger partial charge on any atom is -0.497 e. The molecule has 9 nitrogen and oxygen atoms in total. The Hall–Kier alpha value is -3.20. The average molecular weight is 346 g/mol. The number of amides is 1. The molecular weight excluding hydrogens is 328 g/mol. The van der Waals surface area contributed by atoms with Gasteiger partial charge in [-0.05, 0) is 17.7 Å². The maximum Gasteiger partial charge on any atom is 0.300 e. The predicted octanol–water partition coefficient (Wildman–Crippen LogP) is 2.24. The molecule has 1 N–H and O–H groups in total. The number of rotatable bonds is 7. The van der Waals surface area contributed by atoms with Gasteiger partial charge in [-0.25, -0.2) is 10.0 Å². The van der Waals surface area contributed by atoms with Crippen LogP contribution in [-0.4, -0.2) is 42.1 Å². The fourth-order valence-electron chi connectivity index (χ4n) is 2.05. The van der Waals surface area contributed by atoms with Crippen LogP contribution in [0.25, 0.3) is 0 Å². The summed E-state index contributed by atoms with van der Waals surface area (Å²) < 4.78 is 5.09. The topological polar surface area (TPSA) is 107 Å². The number of pyridine rings is 1. The van der Waals surface area contributed by atoms with E-state index >= 15 is 0 Å². The summed E-state index contributed by atoms with van der Waals surface area (Å²) in [6.45, 7) is 0.433. The van der Waals surface area contributed by atoms with Crippen molar-refractivity contribution in [2.75, 3.05) is 26.6 Å². The van der Waals surface area contributed by atoms with Gasteiger partial charge in [0, 0.05) is 19.7 Å². The molecule has 0 spiro atoms. The lowest BCUT2D eigenvalue weighted by Gasteiger charge is -2.14. The zero-order chi connectivity index (χ0) is 18.4. The van der Waals surface area contributed by atoms with Crippen LogP contribution in [0, 0.1) is 10.1 Å². The highest BCUT2D eigenvalue weighted by molar-refractivity contribution is 5.98. The highest BCUT2D eigenvalue weighted by Gasteiger charge is 2.24. The number of aromatic nitrogens is 1. The van der Waals surface area contributed by atoms with Gasteiger partial charge in [-0.2, -0.15) is 0 Å². The molecule has 1 aromatic heterocycles. The van der Waals surface area contributed by atoms with Gasteiger partial charge in [0.2, 0.25) is 0 Å². The van der Waals surface area contributed by atoms with Crippen LogP contribution in [0.15, 0.2) is 36.5 Å². The molecule has 0 saturated heterocycles. The lowest BCUT2D eigenvalue weighted by molar-refractivity contribution is -0.385. The smallest absolute Gasteiger partial charge is 0.300 e. The Morgan fingerprint density at radius 1 is 1.32 bits per heavy atom. The van der Waals surface area contributed by atoms with Crippen molar-refractivity contribution >= 4 is 17.4 Å². The standard InChI is InChI=1S/C16H18N4O5/c1-19(25-3)16(21)13-8-15(18-10-14(13)20(22)23)17-9-11-4-6-12(24-2)7-5-11/h4-8,10H,9H2,1-3H3,(H,17,18). The first kappa shape index (κ1) is 18.1. The van der Waals surface area contributed by atoms with Crippen molar-refractivity contribution < 1.29 is 19.3 Å². The number of hydrogen-bond acceptors (Lipinski definition) is 7. The van der Waals surface area contributed by atoms with Crippen molar-refractivity contribution in [3.05, 3.63) is 57.8 Å². The zero-order valence-electron chi connectivity index (χ0n) is 14.1. The third kappa shape index (κ3) is 4.42. The molecule has 0 aliphatic carbocycles. The van der Waals surface area contributed by atoms with Crippen molar-refractivity contribution in [3.63, 3.8) is 0 Å². The number of nitrogens with one attached hydrogen (secondary N) is 1. The average Bonchev–Trinajstić information content (AvgIpc) is 2.65. The molecule has 1 heterocycles. The fraction of sp³-hybridized carbons (Fsp3) is 0.250. The third-order valence-electron chi connectivity index (χ3n) is 3.50. The highest BCUT2D eigenvalue weighted by atomic mass is 16.7. The van der Waals surface area contributed by atoms with E-state index in [1.54, 1.807) is 7.11 Å². The zero-order valence-corrected chi connectivity index (χ0v) is 14.1. The SMILES string of the molecule is COc1ccc(CNc2cc(C(=O)N(C)OC)c([N+](=O)[O-])cn2)cc1. The number of methoxy groups -OCH3 is 1. The number of anilines is 1. The molecule has 132 valence electrons. The van der Waals surface area contributed by atoms with Gasteiger partial charge in [0.05, 0.1) is 19.1 Å². The molecule has 1 amide bonds. The van der Waals surface area contributed by atoms with E-state index in [1.165, 1.54) is 20.2 Å². The molecule has 0 aliphatic rings. The van der Waals surface area contributed by atoms with E-state index in [0.29, 0.717) is 12.4 Å². The normalized spacial score (nSPS) is 10.2. The summed E-state index contributed by atoms with van der Waals surface area (Å²) in [6, 6.07) is 8.73. The van der Waals surface area contributed by atoms with Crippen molar-refractivity contribution in [1.82, 2.24) is 10.0 Å². The number of hydrogen-bond donors (Lipinski definition) is 1. The maximum atomic E-state index is 12.2. The summed E-state index contributed by atoms with van der Waals surface area (Å²) in [5, 5.41) is 15.1. The van der Waals surface area contributed by atoms with E-state index < -0.39 is 10.8 Å². The van der Waals surface area contributed by atoms with Crippen molar-refractivity contribution in [2.45, 2.75) is 6.54 Å². The van der Waals surface area contributed by atoms with Crippen LogP contribution < -0.4 is 10.1 Å². The third-order valence-corrected chi connectivity index (χ3v) is 3.50. The lowest BCUT2D eigenvalue weighted by atomic mass is 10.2. The first-order valence-electron chi connectivity index (χ1n) is 7.29. The lowest BCUT2D eigenvalue weighted by Crippen LogP contribution is -2.26. The van der Waals surface area contributed by atoms with Gasteiger partial charge < -0.3 is 10.1 Å². The van der Waals surface area contributed by atoms with Crippen LogP contribution in [0.1, 0.15) is 15.9 Å². The fourth-order valence-corrected chi connectivity index (χ4v) is 2.05. The highest BCUT2D eigenvalue weighted by Crippen LogP contribution is 2.22. The van der Waals surface area contributed by atoms with E-state index in [-0.39, 0.29) is 11.3 Å². The van der Waals surface area contributed by atoms with E-state index in [4.69, 9.17) is 9.57 Å². The molecule has 0 saturated carbocycles. The number of nitrogens with zero attached hydrogens (tertiary/aromatic N) is 3. The predicted molar refractivity (Wildman–Crippen MR) is 90.3 cm³/mol. The van der Waals surface area contributed by atoms with Gasteiger partial charge in [0.1, 0.15) is 23.3 Å².